The third-order valence-electron chi connectivity index (χ3n) is 4.85. The van der Waals surface area contributed by atoms with Crippen molar-refractivity contribution in [2.45, 2.75) is 51.6 Å². The van der Waals surface area contributed by atoms with Crippen LogP contribution in [0, 0.1) is 11.3 Å². The van der Waals surface area contributed by atoms with Gasteiger partial charge in [0.1, 0.15) is 0 Å². The first-order chi connectivity index (χ1) is 8.00. The average Bonchev–Trinajstić information content (AvgIpc) is 2.56. The van der Waals surface area contributed by atoms with Crippen LogP contribution >= 0.6 is 0 Å². The van der Waals surface area contributed by atoms with Crippen molar-refractivity contribution in [2.75, 3.05) is 26.8 Å². The fourth-order valence-electron chi connectivity index (χ4n) is 3.35. The maximum absolute atomic E-state index is 6.40. The minimum Gasteiger partial charge on any atom is -0.381 e. The van der Waals surface area contributed by atoms with Gasteiger partial charge in [-0.15, -0.1) is 0 Å². The van der Waals surface area contributed by atoms with E-state index in [-0.39, 0.29) is 0 Å². The number of rotatable bonds is 3. The van der Waals surface area contributed by atoms with Gasteiger partial charge < -0.3 is 15.4 Å². The molecule has 0 spiro atoms. The molecule has 1 aliphatic heterocycles. The molecule has 1 heterocycles. The molecule has 0 aromatic carbocycles. The molecule has 0 aromatic rings. The molecule has 3 heteroatoms. The Kier molecular flexibility index (Phi) is 4.11. The smallest absolute Gasteiger partial charge is 0.0469 e. The minimum absolute atomic E-state index is 0.314. The van der Waals surface area contributed by atoms with Gasteiger partial charge in [0, 0.05) is 31.8 Å². The van der Waals surface area contributed by atoms with Crippen LogP contribution in [-0.4, -0.2) is 43.8 Å². The Balaban J connectivity index is 1.85. The van der Waals surface area contributed by atoms with Crippen molar-refractivity contribution < 1.29 is 4.74 Å². The van der Waals surface area contributed by atoms with Crippen LogP contribution in [0.3, 0.4) is 0 Å². The van der Waals surface area contributed by atoms with Crippen LogP contribution in [0.25, 0.3) is 0 Å². The number of nitrogens with two attached hydrogens (primary N) is 1. The van der Waals surface area contributed by atoms with Crippen LogP contribution in [0.1, 0.15) is 39.5 Å². The number of nitrogens with zero attached hydrogens (tertiary/aromatic N) is 1. The second kappa shape index (κ2) is 5.25. The lowest BCUT2D eigenvalue weighted by Gasteiger charge is -2.35. The van der Waals surface area contributed by atoms with Crippen molar-refractivity contribution in [2.24, 2.45) is 17.1 Å². The fraction of sp³-hybridized carbons (Fsp3) is 1.00. The Morgan fingerprint density at radius 2 is 1.88 bits per heavy atom. The summed E-state index contributed by atoms with van der Waals surface area (Å²) >= 11 is 0. The van der Waals surface area contributed by atoms with Crippen LogP contribution in [0.4, 0.5) is 0 Å². The maximum Gasteiger partial charge on any atom is 0.0469 e. The lowest BCUT2D eigenvalue weighted by molar-refractivity contribution is 0.0485. The van der Waals surface area contributed by atoms with E-state index in [1.165, 1.54) is 32.2 Å². The highest BCUT2D eigenvalue weighted by atomic mass is 16.5. The van der Waals surface area contributed by atoms with E-state index < -0.39 is 0 Å². The molecule has 2 unspecified atom stereocenters. The summed E-state index contributed by atoms with van der Waals surface area (Å²) in [5.74, 6) is 0.810. The first kappa shape index (κ1) is 13.3. The van der Waals surface area contributed by atoms with Crippen molar-refractivity contribution in [3.63, 3.8) is 0 Å². The Bertz CT molecular complexity index is 249. The van der Waals surface area contributed by atoms with Gasteiger partial charge in [-0.1, -0.05) is 13.8 Å². The summed E-state index contributed by atoms with van der Waals surface area (Å²) in [6, 6.07) is 0.903. The highest BCUT2D eigenvalue weighted by Crippen LogP contribution is 2.38. The molecule has 2 aliphatic rings. The molecule has 0 aromatic heterocycles. The topological polar surface area (TPSA) is 38.5 Å². The van der Waals surface area contributed by atoms with Gasteiger partial charge >= 0.3 is 0 Å². The second-order valence-electron chi connectivity index (χ2n) is 6.62. The lowest BCUT2D eigenvalue weighted by atomic mass is 9.87. The van der Waals surface area contributed by atoms with Crippen LogP contribution in [0.15, 0.2) is 0 Å². The van der Waals surface area contributed by atoms with E-state index in [2.05, 4.69) is 25.8 Å². The summed E-state index contributed by atoms with van der Waals surface area (Å²) in [7, 11) is 2.25. The van der Waals surface area contributed by atoms with Gasteiger partial charge in [-0.25, -0.2) is 0 Å². The number of hydrogen-bond donors (Lipinski definition) is 1. The summed E-state index contributed by atoms with van der Waals surface area (Å²) in [4.78, 5) is 2.51. The van der Waals surface area contributed by atoms with Gasteiger partial charge in [0.2, 0.25) is 0 Å². The Morgan fingerprint density at radius 1 is 1.24 bits per heavy atom. The monoisotopic (exact) mass is 240 g/mol. The quantitative estimate of drug-likeness (QED) is 0.818. The zero-order valence-corrected chi connectivity index (χ0v) is 11.6. The van der Waals surface area contributed by atoms with Gasteiger partial charge in [0.05, 0.1) is 0 Å². The molecule has 1 saturated heterocycles. The molecule has 0 radical (unpaired) electrons. The van der Waals surface area contributed by atoms with Gasteiger partial charge in [0.15, 0.2) is 0 Å². The largest absolute Gasteiger partial charge is 0.381 e. The molecule has 2 rings (SSSR count). The first-order valence-electron chi connectivity index (χ1n) is 7.04. The molecule has 100 valence electrons. The molecular formula is C14H28N2O. The summed E-state index contributed by atoms with van der Waals surface area (Å²) in [6.45, 7) is 7.69. The summed E-state index contributed by atoms with van der Waals surface area (Å²) < 4.78 is 5.42. The van der Waals surface area contributed by atoms with Crippen molar-refractivity contribution >= 4 is 0 Å². The third kappa shape index (κ3) is 3.01. The second-order valence-corrected chi connectivity index (χ2v) is 6.62. The van der Waals surface area contributed by atoms with Gasteiger partial charge in [0.25, 0.3) is 0 Å². The normalized spacial score (nSPS) is 34.4. The van der Waals surface area contributed by atoms with Crippen LogP contribution in [0.2, 0.25) is 0 Å². The van der Waals surface area contributed by atoms with Gasteiger partial charge in [-0.3, -0.25) is 0 Å². The number of hydrogen-bond acceptors (Lipinski definition) is 3. The van der Waals surface area contributed by atoms with Crippen LogP contribution in [0.5, 0.6) is 0 Å². The Morgan fingerprint density at radius 3 is 2.41 bits per heavy atom. The predicted molar refractivity (Wildman–Crippen MR) is 71.0 cm³/mol. The Hall–Kier alpha value is -0.120. The standard InChI is InChI=1S/C14H28N2O/c1-14(2)7-4-12(13(14)15)16(3)10-11-5-8-17-9-6-11/h11-13H,4-10,15H2,1-3H3. The molecule has 2 atom stereocenters. The summed E-state index contributed by atoms with van der Waals surface area (Å²) in [5, 5.41) is 0. The number of ether oxygens (including phenoxy) is 1. The SMILES string of the molecule is CN(CC1CCOCC1)C1CCC(C)(C)C1N. The van der Waals surface area contributed by atoms with Gasteiger partial charge in [-0.2, -0.15) is 0 Å². The fourth-order valence-corrected chi connectivity index (χ4v) is 3.35. The van der Waals surface area contributed by atoms with E-state index in [1.54, 1.807) is 0 Å². The zero-order chi connectivity index (χ0) is 12.5. The molecule has 3 nitrogen and oxygen atoms in total. The van der Waals surface area contributed by atoms with Crippen molar-refractivity contribution in [1.29, 1.82) is 0 Å². The van der Waals surface area contributed by atoms with E-state index in [9.17, 15) is 0 Å². The maximum atomic E-state index is 6.40. The lowest BCUT2D eigenvalue weighted by Crippen LogP contribution is -2.49. The van der Waals surface area contributed by atoms with E-state index in [0.29, 0.717) is 17.5 Å². The average molecular weight is 240 g/mol. The van der Waals surface area contributed by atoms with E-state index in [0.717, 1.165) is 19.1 Å². The molecule has 1 aliphatic carbocycles. The molecule has 2 fully saturated rings. The molecular weight excluding hydrogens is 212 g/mol. The molecule has 0 amide bonds. The van der Waals surface area contributed by atoms with Crippen LogP contribution < -0.4 is 5.73 Å². The van der Waals surface area contributed by atoms with E-state index >= 15 is 0 Å². The number of likely N-dealkylation sites (N-methyl/N-ethyl adjacent to an activating group) is 1. The van der Waals surface area contributed by atoms with Crippen molar-refractivity contribution in [3.8, 4) is 0 Å². The molecule has 17 heavy (non-hydrogen) atoms. The highest BCUT2D eigenvalue weighted by Gasteiger charge is 2.41. The van der Waals surface area contributed by atoms with E-state index in [4.69, 9.17) is 10.5 Å². The first-order valence-corrected chi connectivity index (χ1v) is 7.04. The van der Waals surface area contributed by atoms with Crippen molar-refractivity contribution in [1.82, 2.24) is 4.90 Å². The minimum atomic E-state index is 0.314. The van der Waals surface area contributed by atoms with Crippen LogP contribution in [-0.2, 0) is 4.74 Å². The molecule has 2 N–H and O–H groups in total. The van der Waals surface area contributed by atoms with Crippen molar-refractivity contribution in [3.05, 3.63) is 0 Å². The molecule has 1 saturated carbocycles. The Labute approximate surface area is 106 Å². The van der Waals surface area contributed by atoms with E-state index in [1.807, 2.05) is 0 Å². The summed E-state index contributed by atoms with van der Waals surface area (Å²) in [6.07, 6.45) is 4.95. The molecule has 0 bridgehead atoms. The summed E-state index contributed by atoms with van der Waals surface area (Å²) in [5.41, 5.74) is 6.71. The third-order valence-corrected chi connectivity index (χ3v) is 4.85. The van der Waals surface area contributed by atoms with Gasteiger partial charge in [-0.05, 0) is 44.1 Å². The predicted octanol–water partition coefficient (Wildman–Crippen LogP) is 1.86. The zero-order valence-electron chi connectivity index (χ0n) is 11.6. The highest BCUT2D eigenvalue weighted by molar-refractivity contribution is 4.98.